The van der Waals surface area contributed by atoms with Crippen LogP contribution in [0.4, 0.5) is 14.5 Å². The van der Waals surface area contributed by atoms with Gasteiger partial charge in [0.2, 0.25) is 0 Å². The van der Waals surface area contributed by atoms with Crippen LogP contribution in [0.5, 0.6) is 11.5 Å². The van der Waals surface area contributed by atoms with Crippen LogP contribution in [0.2, 0.25) is 0 Å². The number of fused-ring (bicyclic) bond motifs is 1. The first-order valence-electron chi connectivity index (χ1n) is 8.21. The summed E-state index contributed by atoms with van der Waals surface area (Å²) in [6.45, 7) is -1.55. The van der Waals surface area contributed by atoms with E-state index < -0.39 is 34.5 Å². The normalized spacial score (nSPS) is 10.9. The molecule has 2 aromatic heterocycles. The number of hydrogen-bond donors (Lipinski definition) is 0. The van der Waals surface area contributed by atoms with Gasteiger partial charge in [0.25, 0.3) is 5.69 Å². The molecule has 3 aromatic rings. The largest absolute Gasteiger partial charge is 0.493 e. The SMILES string of the molecule is COc1cc(C(=O)OCc2cn3cc(C)ccc3n2)c([N+](=O)[O-])cc1OC(F)F. The molecule has 0 N–H and O–H groups in total. The summed E-state index contributed by atoms with van der Waals surface area (Å²) >= 11 is 0. The third kappa shape index (κ3) is 4.39. The second-order valence-corrected chi connectivity index (χ2v) is 5.94. The van der Waals surface area contributed by atoms with Crippen molar-refractivity contribution in [1.29, 1.82) is 0 Å². The van der Waals surface area contributed by atoms with E-state index in [-0.39, 0.29) is 12.4 Å². The van der Waals surface area contributed by atoms with Crippen molar-refractivity contribution in [2.24, 2.45) is 0 Å². The van der Waals surface area contributed by atoms with Crippen molar-refractivity contribution in [2.45, 2.75) is 20.1 Å². The number of aromatic nitrogens is 2. The summed E-state index contributed by atoms with van der Waals surface area (Å²) in [4.78, 5) is 27.1. The Bertz CT molecular complexity index is 1080. The van der Waals surface area contributed by atoms with Gasteiger partial charge in [-0.15, -0.1) is 0 Å². The number of alkyl halides is 2. The third-order valence-corrected chi connectivity index (χ3v) is 3.91. The van der Waals surface area contributed by atoms with Gasteiger partial charge in [-0.1, -0.05) is 6.07 Å². The lowest BCUT2D eigenvalue weighted by atomic mass is 10.1. The van der Waals surface area contributed by atoms with E-state index in [2.05, 4.69) is 9.72 Å². The Morgan fingerprint density at radius 3 is 2.69 bits per heavy atom. The molecule has 0 bridgehead atoms. The molecule has 0 saturated heterocycles. The molecule has 0 atom stereocenters. The molecule has 0 fully saturated rings. The van der Waals surface area contributed by atoms with E-state index in [1.54, 1.807) is 16.7 Å². The van der Waals surface area contributed by atoms with E-state index in [1.165, 1.54) is 0 Å². The second kappa shape index (κ2) is 8.09. The van der Waals surface area contributed by atoms with Gasteiger partial charge in [-0.3, -0.25) is 10.1 Å². The van der Waals surface area contributed by atoms with E-state index >= 15 is 0 Å². The molecule has 2 heterocycles. The van der Waals surface area contributed by atoms with Crippen LogP contribution in [0.25, 0.3) is 5.65 Å². The number of nitro benzene ring substituents is 1. The van der Waals surface area contributed by atoms with Gasteiger partial charge in [-0.2, -0.15) is 8.78 Å². The number of halogens is 2. The highest BCUT2D eigenvalue weighted by atomic mass is 19.3. The topological polar surface area (TPSA) is 105 Å². The average molecular weight is 407 g/mol. The number of hydrogen-bond acceptors (Lipinski definition) is 7. The molecule has 0 aliphatic heterocycles. The van der Waals surface area contributed by atoms with E-state index in [9.17, 15) is 23.7 Å². The number of methoxy groups -OCH3 is 1. The molecule has 0 aliphatic carbocycles. The fraction of sp³-hybridized carbons (Fsp3) is 0.222. The molecule has 0 saturated carbocycles. The fourth-order valence-electron chi connectivity index (χ4n) is 2.65. The zero-order chi connectivity index (χ0) is 21.1. The Hall–Kier alpha value is -3.76. The van der Waals surface area contributed by atoms with Crippen LogP contribution in [0, 0.1) is 17.0 Å². The predicted molar refractivity (Wildman–Crippen MR) is 95.3 cm³/mol. The maximum absolute atomic E-state index is 12.5. The van der Waals surface area contributed by atoms with Crippen molar-refractivity contribution in [3.05, 3.63) is 63.6 Å². The number of nitro groups is 1. The van der Waals surface area contributed by atoms with E-state index in [0.717, 1.165) is 18.7 Å². The van der Waals surface area contributed by atoms with Crippen molar-refractivity contribution < 1.29 is 32.7 Å². The Kier molecular flexibility index (Phi) is 5.57. The second-order valence-electron chi connectivity index (χ2n) is 5.94. The summed E-state index contributed by atoms with van der Waals surface area (Å²) in [6, 6.07) is 5.27. The maximum Gasteiger partial charge on any atom is 0.387 e. The lowest BCUT2D eigenvalue weighted by Crippen LogP contribution is -2.11. The van der Waals surface area contributed by atoms with Gasteiger partial charge in [0.1, 0.15) is 17.8 Å². The first kappa shape index (κ1) is 20.0. The van der Waals surface area contributed by atoms with Crippen molar-refractivity contribution in [3.63, 3.8) is 0 Å². The van der Waals surface area contributed by atoms with Crippen molar-refractivity contribution in [1.82, 2.24) is 9.38 Å². The molecular formula is C18H15F2N3O6. The lowest BCUT2D eigenvalue weighted by Gasteiger charge is -2.11. The molecule has 0 aliphatic rings. The molecule has 0 spiro atoms. The van der Waals surface area contributed by atoms with Crippen molar-refractivity contribution >= 4 is 17.3 Å². The number of carbonyl (C=O) groups is 1. The first-order valence-corrected chi connectivity index (χ1v) is 8.21. The van der Waals surface area contributed by atoms with E-state index in [1.807, 2.05) is 19.2 Å². The van der Waals surface area contributed by atoms with Gasteiger partial charge in [-0.05, 0) is 18.6 Å². The summed E-state index contributed by atoms with van der Waals surface area (Å²) in [5, 5.41) is 11.3. The van der Waals surface area contributed by atoms with Gasteiger partial charge in [0, 0.05) is 18.5 Å². The van der Waals surface area contributed by atoms with Crippen LogP contribution in [0.1, 0.15) is 21.6 Å². The van der Waals surface area contributed by atoms with Gasteiger partial charge >= 0.3 is 12.6 Å². The molecule has 0 radical (unpaired) electrons. The van der Waals surface area contributed by atoms with Crippen LogP contribution in [0.15, 0.2) is 36.7 Å². The summed E-state index contributed by atoms with van der Waals surface area (Å²) < 4.78 is 41.0. The van der Waals surface area contributed by atoms with Gasteiger partial charge in [0.15, 0.2) is 11.5 Å². The molecule has 0 amide bonds. The van der Waals surface area contributed by atoms with Crippen LogP contribution in [-0.2, 0) is 11.3 Å². The Labute approximate surface area is 162 Å². The van der Waals surface area contributed by atoms with Crippen LogP contribution < -0.4 is 9.47 Å². The Morgan fingerprint density at radius 2 is 2.03 bits per heavy atom. The molecule has 152 valence electrons. The zero-order valence-electron chi connectivity index (χ0n) is 15.3. The maximum atomic E-state index is 12.5. The summed E-state index contributed by atoms with van der Waals surface area (Å²) in [5.74, 6) is -1.88. The molecule has 0 unspecified atom stereocenters. The summed E-state index contributed by atoms with van der Waals surface area (Å²) in [5.41, 5.74) is 0.858. The number of rotatable bonds is 7. The molecular weight excluding hydrogens is 392 g/mol. The quantitative estimate of drug-likeness (QED) is 0.335. The lowest BCUT2D eigenvalue weighted by molar-refractivity contribution is -0.385. The molecule has 3 rings (SSSR count). The highest BCUT2D eigenvalue weighted by Gasteiger charge is 2.27. The monoisotopic (exact) mass is 407 g/mol. The smallest absolute Gasteiger partial charge is 0.387 e. The van der Waals surface area contributed by atoms with Crippen molar-refractivity contribution in [3.8, 4) is 11.5 Å². The van der Waals surface area contributed by atoms with Gasteiger partial charge in [-0.25, -0.2) is 9.78 Å². The molecule has 11 heteroatoms. The number of pyridine rings is 1. The Morgan fingerprint density at radius 1 is 1.28 bits per heavy atom. The summed E-state index contributed by atoms with van der Waals surface area (Å²) in [6.07, 6.45) is 3.50. The first-order chi connectivity index (χ1) is 13.8. The van der Waals surface area contributed by atoms with Crippen LogP contribution in [0.3, 0.4) is 0 Å². The van der Waals surface area contributed by atoms with Gasteiger partial charge in [0.05, 0.1) is 23.8 Å². The molecule has 1 aromatic carbocycles. The van der Waals surface area contributed by atoms with E-state index in [0.29, 0.717) is 17.4 Å². The molecule has 29 heavy (non-hydrogen) atoms. The number of aryl methyl sites for hydroxylation is 1. The van der Waals surface area contributed by atoms with E-state index in [4.69, 9.17) is 9.47 Å². The fourth-order valence-corrected chi connectivity index (χ4v) is 2.65. The number of carbonyl (C=O) groups excluding carboxylic acids is 1. The third-order valence-electron chi connectivity index (χ3n) is 3.91. The highest BCUT2D eigenvalue weighted by Crippen LogP contribution is 2.36. The number of esters is 1. The Balaban J connectivity index is 1.85. The van der Waals surface area contributed by atoms with Crippen LogP contribution in [-0.4, -0.2) is 34.0 Å². The standard InChI is InChI=1S/C18H15F2N3O6/c1-10-3-4-16-21-11(8-22(16)7-10)9-28-17(24)12-5-14(27-2)15(29-18(19)20)6-13(12)23(25)26/h3-8,18H,9H2,1-2H3. The van der Waals surface area contributed by atoms with Crippen LogP contribution >= 0.6 is 0 Å². The molecule has 9 nitrogen and oxygen atoms in total. The minimum Gasteiger partial charge on any atom is -0.493 e. The number of nitrogens with zero attached hydrogens (tertiary/aromatic N) is 3. The zero-order valence-corrected chi connectivity index (χ0v) is 15.3. The predicted octanol–water partition coefficient (Wildman–Crippen LogP) is 3.52. The van der Waals surface area contributed by atoms with Gasteiger partial charge < -0.3 is 18.6 Å². The number of ether oxygens (including phenoxy) is 3. The summed E-state index contributed by atoms with van der Waals surface area (Å²) in [7, 11) is 1.15. The number of benzene rings is 1. The highest BCUT2D eigenvalue weighted by molar-refractivity contribution is 5.95. The minimum atomic E-state index is -3.22. The number of imidazole rings is 1. The minimum absolute atomic E-state index is 0.242. The average Bonchev–Trinajstić information content (AvgIpc) is 3.07. The van der Waals surface area contributed by atoms with Crippen molar-refractivity contribution in [2.75, 3.05) is 7.11 Å².